The van der Waals surface area contributed by atoms with Crippen LogP contribution in [-0.2, 0) is 9.59 Å². The maximum atomic E-state index is 11.9. The van der Waals surface area contributed by atoms with E-state index in [9.17, 15) is 9.59 Å². The van der Waals surface area contributed by atoms with Crippen LogP contribution in [0.4, 0.5) is 0 Å². The van der Waals surface area contributed by atoms with E-state index in [1.54, 1.807) is 6.92 Å². The van der Waals surface area contributed by atoms with Crippen molar-refractivity contribution in [3.05, 3.63) is 70.4 Å². The monoisotopic (exact) mass is 393 g/mol. The first-order valence-corrected chi connectivity index (χ1v) is 10.7. The van der Waals surface area contributed by atoms with Gasteiger partial charge >= 0.3 is 0 Å². The van der Waals surface area contributed by atoms with Crippen LogP contribution in [0.3, 0.4) is 0 Å². The van der Waals surface area contributed by atoms with Gasteiger partial charge in [0.05, 0.1) is 0 Å². The summed E-state index contributed by atoms with van der Waals surface area (Å²) in [6.45, 7) is 15.1. The fourth-order valence-electron chi connectivity index (χ4n) is 4.17. The summed E-state index contributed by atoms with van der Waals surface area (Å²) in [5.41, 5.74) is 6.17. The first-order valence-electron chi connectivity index (χ1n) is 10.7. The zero-order valence-corrected chi connectivity index (χ0v) is 18.5. The van der Waals surface area contributed by atoms with Crippen LogP contribution in [0.5, 0.6) is 0 Å². The average molecular weight is 394 g/mol. The molecule has 2 aliphatic rings. The van der Waals surface area contributed by atoms with Crippen LogP contribution in [0.15, 0.2) is 70.4 Å². The van der Waals surface area contributed by atoms with Gasteiger partial charge in [0.1, 0.15) is 12.1 Å². The third-order valence-electron chi connectivity index (χ3n) is 6.10. The Morgan fingerprint density at radius 2 is 2.07 bits per heavy atom. The third-order valence-corrected chi connectivity index (χ3v) is 6.10. The van der Waals surface area contributed by atoms with Gasteiger partial charge in [-0.1, -0.05) is 63.3 Å². The van der Waals surface area contributed by atoms with Crippen molar-refractivity contribution in [2.75, 3.05) is 6.54 Å². The molecule has 3 atom stereocenters. The second-order valence-corrected chi connectivity index (χ2v) is 8.15. The van der Waals surface area contributed by atoms with Gasteiger partial charge < -0.3 is 5.32 Å². The molecule has 2 aliphatic carbocycles. The van der Waals surface area contributed by atoms with Gasteiger partial charge in [-0.3, -0.25) is 9.59 Å². The number of aldehydes is 1. The lowest BCUT2D eigenvalue weighted by molar-refractivity contribution is -0.120. The van der Waals surface area contributed by atoms with Crippen molar-refractivity contribution in [2.45, 2.75) is 59.9 Å². The minimum Gasteiger partial charge on any atom is -0.313 e. The molecule has 0 fully saturated rings. The normalized spacial score (nSPS) is 23.0. The fraction of sp³-hybridized carbons (Fsp3) is 0.462. The molecule has 0 heterocycles. The fourth-order valence-corrected chi connectivity index (χ4v) is 4.17. The van der Waals surface area contributed by atoms with Gasteiger partial charge in [-0.05, 0) is 67.5 Å². The summed E-state index contributed by atoms with van der Waals surface area (Å²) in [6, 6.07) is 0.332. The molecule has 0 aliphatic heterocycles. The van der Waals surface area contributed by atoms with Crippen LogP contribution in [-0.4, -0.2) is 24.7 Å². The summed E-state index contributed by atoms with van der Waals surface area (Å²) >= 11 is 0. The zero-order valence-electron chi connectivity index (χ0n) is 18.5. The summed E-state index contributed by atoms with van der Waals surface area (Å²) < 4.78 is 0. The van der Waals surface area contributed by atoms with Gasteiger partial charge in [0, 0.05) is 17.9 Å². The molecular weight excluding hydrogens is 358 g/mol. The van der Waals surface area contributed by atoms with Gasteiger partial charge in [-0.25, -0.2) is 0 Å². The Balaban J connectivity index is 2.53. The largest absolute Gasteiger partial charge is 0.313 e. The van der Waals surface area contributed by atoms with Gasteiger partial charge in [-0.15, -0.1) is 0 Å². The van der Waals surface area contributed by atoms with E-state index < -0.39 is 0 Å². The minimum atomic E-state index is -0.137. The summed E-state index contributed by atoms with van der Waals surface area (Å²) in [5.74, 6) is 0.317. The SMILES string of the molecule is C=C(C1=C(C)CC(NCC)C2C=CC=CC2=C1)/C(CC(C)C(C)=O)=C(\C=O)CC. The van der Waals surface area contributed by atoms with Gasteiger partial charge in [0.2, 0.25) is 0 Å². The van der Waals surface area contributed by atoms with Crippen molar-refractivity contribution in [3.8, 4) is 0 Å². The topological polar surface area (TPSA) is 46.2 Å². The quantitative estimate of drug-likeness (QED) is 0.323. The Bertz CT molecular complexity index is 820. The highest BCUT2D eigenvalue weighted by Gasteiger charge is 2.28. The molecule has 3 unspecified atom stereocenters. The van der Waals surface area contributed by atoms with E-state index in [2.05, 4.69) is 56.1 Å². The van der Waals surface area contributed by atoms with Crippen molar-refractivity contribution < 1.29 is 9.59 Å². The maximum Gasteiger partial charge on any atom is 0.146 e. The molecule has 3 heteroatoms. The number of ketones is 1. The van der Waals surface area contributed by atoms with Crippen LogP contribution in [0.2, 0.25) is 0 Å². The van der Waals surface area contributed by atoms with Crippen molar-refractivity contribution >= 4 is 12.1 Å². The number of hydrogen-bond donors (Lipinski definition) is 1. The number of Topliss-reactive ketones (excluding diaryl/α,β-unsaturated/α-hetero) is 1. The first kappa shape index (κ1) is 23.0. The molecule has 156 valence electrons. The van der Waals surface area contributed by atoms with Crippen molar-refractivity contribution in [1.82, 2.24) is 5.32 Å². The highest BCUT2D eigenvalue weighted by atomic mass is 16.1. The van der Waals surface area contributed by atoms with Gasteiger partial charge in [0.15, 0.2) is 0 Å². The Morgan fingerprint density at radius 1 is 1.34 bits per heavy atom. The van der Waals surface area contributed by atoms with Crippen LogP contribution >= 0.6 is 0 Å². The molecular formula is C26H35NO2. The predicted molar refractivity (Wildman–Crippen MR) is 122 cm³/mol. The number of hydrogen-bond acceptors (Lipinski definition) is 3. The molecule has 0 radical (unpaired) electrons. The summed E-state index contributed by atoms with van der Waals surface area (Å²) in [6.07, 6.45) is 13.9. The molecule has 0 bridgehead atoms. The Kier molecular flexibility index (Phi) is 8.33. The van der Waals surface area contributed by atoms with Crippen LogP contribution in [0.1, 0.15) is 53.9 Å². The Labute approximate surface area is 176 Å². The van der Waals surface area contributed by atoms with Crippen molar-refractivity contribution in [2.24, 2.45) is 11.8 Å². The number of carbonyl (C=O) groups is 2. The van der Waals surface area contributed by atoms with E-state index in [1.165, 1.54) is 11.1 Å². The summed E-state index contributed by atoms with van der Waals surface area (Å²) in [7, 11) is 0. The lowest BCUT2D eigenvalue weighted by atomic mass is 9.84. The molecule has 0 saturated carbocycles. The molecule has 0 aromatic heterocycles. The van der Waals surface area contributed by atoms with Crippen LogP contribution in [0, 0.1) is 11.8 Å². The Morgan fingerprint density at radius 3 is 2.66 bits per heavy atom. The number of allylic oxidation sites excluding steroid dienone is 8. The predicted octanol–water partition coefficient (Wildman–Crippen LogP) is 5.43. The van der Waals surface area contributed by atoms with Crippen LogP contribution < -0.4 is 5.32 Å². The number of rotatable bonds is 9. The maximum absolute atomic E-state index is 11.9. The van der Waals surface area contributed by atoms with Crippen LogP contribution in [0.25, 0.3) is 0 Å². The van der Waals surface area contributed by atoms with E-state index in [-0.39, 0.29) is 11.7 Å². The van der Waals surface area contributed by atoms with Gasteiger partial charge in [-0.2, -0.15) is 0 Å². The van der Waals surface area contributed by atoms with E-state index in [0.717, 1.165) is 41.5 Å². The summed E-state index contributed by atoms with van der Waals surface area (Å²) in [4.78, 5) is 23.7. The number of carbonyl (C=O) groups excluding carboxylic acids is 2. The van der Waals surface area contributed by atoms with Gasteiger partial charge in [0.25, 0.3) is 0 Å². The molecule has 0 saturated heterocycles. The zero-order chi connectivity index (χ0) is 21.6. The van der Waals surface area contributed by atoms with E-state index in [1.807, 2.05) is 13.8 Å². The molecule has 3 nitrogen and oxygen atoms in total. The number of fused-ring (bicyclic) bond motifs is 1. The molecule has 0 amide bonds. The molecule has 29 heavy (non-hydrogen) atoms. The molecule has 0 aromatic carbocycles. The third kappa shape index (κ3) is 5.42. The second-order valence-electron chi connectivity index (χ2n) is 8.15. The minimum absolute atomic E-state index is 0.134. The summed E-state index contributed by atoms with van der Waals surface area (Å²) in [5, 5.41) is 3.63. The highest BCUT2D eigenvalue weighted by Crippen LogP contribution is 2.37. The molecule has 0 spiro atoms. The molecule has 1 N–H and O–H groups in total. The highest BCUT2D eigenvalue weighted by molar-refractivity contribution is 5.81. The van der Waals surface area contributed by atoms with Crippen molar-refractivity contribution in [3.63, 3.8) is 0 Å². The average Bonchev–Trinajstić information content (AvgIpc) is 2.84. The molecule has 0 aromatic rings. The lowest BCUT2D eigenvalue weighted by Gasteiger charge is -2.26. The lowest BCUT2D eigenvalue weighted by Crippen LogP contribution is -2.36. The van der Waals surface area contributed by atoms with E-state index in [0.29, 0.717) is 24.8 Å². The molecule has 2 rings (SSSR count). The Hall–Kier alpha value is -2.26. The smallest absolute Gasteiger partial charge is 0.146 e. The first-order chi connectivity index (χ1) is 13.8. The van der Waals surface area contributed by atoms with E-state index >= 15 is 0 Å². The number of nitrogens with one attached hydrogen (secondary N) is 1. The van der Waals surface area contributed by atoms with Crippen molar-refractivity contribution in [1.29, 1.82) is 0 Å². The van der Waals surface area contributed by atoms with E-state index in [4.69, 9.17) is 0 Å². The second kappa shape index (κ2) is 10.5. The standard InChI is InChI=1S/C26H35NO2/c1-7-21(16-28)25(13-17(3)20(6)29)19(5)24-15-22-11-9-10-12-23(22)26(27-8-2)14-18(24)4/h9-12,15-17,23,26-27H,5,7-8,13-14H2,1-4,6H3/b25-21-.